The molecular weight excluding hydrogens is 202 g/mol. The molecule has 1 rings (SSSR count). The molecule has 0 fully saturated rings. The molecule has 0 radical (unpaired) electrons. The van der Waals surface area contributed by atoms with Crippen LogP contribution in [-0.4, -0.2) is 36.4 Å². The van der Waals surface area contributed by atoms with Crippen LogP contribution in [0.1, 0.15) is 23.3 Å². The first-order valence-corrected chi connectivity index (χ1v) is 4.53. The summed E-state index contributed by atoms with van der Waals surface area (Å²) in [5.74, 6) is -0.903. The van der Waals surface area contributed by atoms with Crippen molar-refractivity contribution in [2.75, 3.05) is 20.3 Å². The van der Waals surface area contributed by atoms with E-state index in [-0.39, 0.29) is 11.6 Å². The third kappa shape index (κ3) is 2.95. The Morgan fingerprint density at radius 2 is 2.33 bits per heavy atom. The minimum atomic E-state index is -1.16. The topological polar surface area (TPSA) is 81.8 Å². The standard InChI is InChI=1S/C9H13NO5/c1-3-14-9-7(8(11)12)10-6(15-9)4-5-13-2/h3-5H2,1-2H3,(H,11,12). The van der Waals surface area contributed by atoms with Crippen molar-refractivity contribution >= 4 is 5.97 Å². The van der Waals surface area contributed by atoms with Gasteiger partial charge in [-0.3, -0.25) is 0 Å². The number of ether oxygens (including phenoxy) is 2. The highest BCUT2D eigenvalue weighted by Crippen LogP contribution is 2.20. The Morgan fingerprint density at radius 1 is 1.60 bits per heavy atom. The van der Waals surface area contributed by atoms with Gasteiger partial charge < -0.3 is 19.0 Å². The average Bonchev–Trinajstić information content (AvgIpc) is 2.59. The van der Waals surface area contributed by atoms with Crippen molar-refractivity contribution in [1.82, 2.24) is 4.98 Å². The van der Waals surface area contributed by atoms with Crippen LogP contribution in [0, 0.1) is 0 Å². The van der Waals surface area contributed by atoms with Crippen molar-refractivity contribution in [2.45, 2.75) is 13.3 Å². The van der Waals surface area contributed by atoms with E-state index in [0.29, 0.717) is 25.5 Å². The van der Waals surface area contributed by atoms with Gasteiger partial charge in [0.05, 0.1) is 13.2 Å². The molecule has 84 valence electrons. The summed E-state index contributed by atoms with van der Waals surface area (Å²) in [5.41, 5.74) is -0.192. The molecule has 15 heavy (non-hydrogen) atoms. The Balaban J connectivity index is 2.83. The molecule has 1 aromatic heterocycles. The molecule has 0 amide bonds. The zero-order chi connectivity index (χ0) is 11.3. The number of nitrogens with zero attached hydrogens (tertiary/aromatic N) is 1. The minimum Gasteiger partial charge on any atom is -0.476 e. The van der Waals surface area contributed by atoms with E-state index in [2.05, 4.69) is 4.98 Å². The van der Waals surface area contributed by atoms with Crippen molar-refractivity contribution in [3.8, 4) is 5.95 Å². The molecule has 0 atom stereocenters. The Labute approximate surface area is 86.8 Å². The fraction of sp³-hybridized carbons (Fsp3) is 0.556. The van der Waals surface area contributed by atoms with Gasteiger partial charge in [0.15, 0.2) is 0 Å². The molecule has 0 aliphatic carbocycles. The number of carboxylic acid groups (broad SMARTS) is 1. The maximum atomic E-state index is 10.7. The van der Waals surface area contributed by atoms with Gasteiger partial charge in [0.25, 0.3) is 0 Å². The molecule has 0 saturated heterocycles. The first-order valence-electron chi connectivity index (χ1n) is 4.53. The summed E-state index contributed by atoms with van der Waals surface area (Å²) >= 11 is 0. The van der Waals surface area contributed by atoms with Crippen LogP contribution in [0.2, 0.25) is 0 Å². The number of carboxylic acids is 1. The van der Waals surface area contributed by atoms with Gasteiger partial charge in [0, 0.05) is 13.5 Å². The number of aromatic carboxylic acids is 1. The van der Waals surface area contributed by atoms with Crippen molar-refractivity contribution in [3.05, 3.63) is 11.6 Å². The van der Waals surface area contributed by atoms with E-state index in [1.807, 2.05) is 0 Å². The number of aromatic nitrogens is 1. The van der Waals surface area contributed by atoms with Crippen LogP contribution in [0.15, 0.2) is 4.42 Å². The second kappa shape index (κ2) is 5.35. The Kier molecular flexibility index (Phi) is 4.11. The lowest BCUT2D eigenvalue weighted by Gasteiger charge is -1.96. The molecule has 6 nitrogen and oxygen atoms in total. The zero-order valence-electron chi connectivity index (χ0n) is 8.65. The van der Waals surface area contributed by atoms with Crippen LogP contribution in [0.3, 0.4) is 0 Å². The number of hydrogen-bond donors (Lipinski definition) is 1. The SMILES string of the molecule is CCOc1oc(CCOC)nc1C(=O)O. The van der Waals surface area contributed by atoms with Gasteiger partial charge in [-0.1, -0.05) is 0 Å². The van der Waals surface area contributed by atoms with Crippen LogP contribution in [0.5, 0.6) is 5.95 Å². The highest BCUT2D eigenvalue weighted by atomic mass is 16.6. The van der Waals surface area contributed by atoms with E-state index in [1.54, 1.807) is 14.0 Å². The van der Waals surface area contributed by atoms with Crippen LogP contribution >= 0.6 is 0 Å². The van der Waals surface area contributed by atoms with Gasteiger partial charge in [-0.15, -0.1) is 0 Å². The predicted molar refractivity (Wildman–Crippen MR) is 50.2 cm³/mol. The summed E-state index contributed by atoms with van der Waals surface area (Å²) in [6.07, 6.45) is 0.420. The Morgan fingerprint density at radius 3 is 2.87 bits per heavy atom. The predicted octanol–water partition coefficient (Wildman–Crippen LogP) is 0.960. The summed E-state index contributed by atoms with van der Waals surface area (Å²) in [6, 6.07) is 0. The fourth-order valence-electron chi connectivity index (χ4n) is 1.01. The summed E-state index contributed by atoms with van der Waals surface area (Å²) in [4.78, 5) is 14.5. The quantitative estimate of drug-likeness (QED) is 0.761. The normalized spacial score (nSPS) is 10.3. The summed E-state index contributed by atoms with van der Waals surface area (Å²) in [7, 11) is 1.55. The molecule has 0 unspecified atom stereocenters. The van der Waals surface area contributed by atoms with E-state index >= 15 is 0 Å². The molecule has 1 N–H and O–H groups in total. The fourth-order valence-corrected chi connectivity index (χ4v) is 1.01. The third-order valence-corrected chi connectivity index (χ3v) is 1.64. The molecule has 0 saturated carbocycles. The second-order valence-corrected chi connectivity index (χ2v) is 2.72. The number of oxazole rings is 1. The lowest BCUT2D eigenvalue weighted by Crippen LogP contribution is -2.02. The number of hydrogen-bond acceptors (Lipinski definition) is 5. The van der Waals surface area contributed by atoms with Crippen LogP contribution in [-0.2, 0) is 11.2 Å². The van der Waals surface area contributed by atoms with Crippen molar-refractivity contribution < 1.29 is 23.8 Å². The molecule has 0 aromatic carbocycles. The van der Waals surface area contributed by atoms with Gasteiger partial charge in [0.2, 0.25) is 11.6 Å². The van der Waals surface area contributed by atoms with Crippen molar-refractivity contribution in [3.63, 3.8) is 0 Å². The van der Waals surface area contributed by atoms with Crippen LogP contribution in [0.4, 0.5) is 0 Å². The highest BCUT2D eigenvalue weighted by Gasteiger charge is 2.20. The summed E-state index contributed by atoms with van der Waals surface area (Å²) in [6.45, 7) is 2.49. The lowest BCUT2D eigenvalue weighted by molar-refractivity contribution is 0.0683. The van der Waals surface area contributed by atoms with E-state index in [4.69, 9.17) is 19.0 Å². The molecule has 0 aliphatic heterocycles. The van der Waals surface area contributed by atoms with Gasteiger partial charge >= 0.3 is 11.9 Å². The lowest BCUT2D eigenvalue weighted by atomic mass is 10.4. The number of rotatable bonds is 6. The molecule has 0 bridgehead atoms. The average molecular weight is 215 g/mol. The number of methoxy groups -OCH3 is 1. The molecular formula is C9H13NO5. The van der Waals surface area contributed by atoms with Gasteiger partial charge in [-0.05, 0) is 6.92 Å². The smallest absolute Gasteiger partial charge is 0.362 e. The maximum absolute atomic E-state index is 10.7. The maximum Gasteiger partial charge on any atom is 0.362 e. The first kappa shape index (κ1) is 11.5. The summed E-state index contributed by atoms with van der Waals surface area (Å²) in [5, 5.41) is 8.80. The molecule has 0 aliphatic rings. The van der Waals surface area contributed by atoms with Gasteiger partial charge in [0.1, 0.15) is 0 Å². The van der Waals surface area contributed by atoms with Gasteiger partial charge in [-0.2, -0.15) is 0 Å². The monoisotopic (exact) mass is 215 g/mol. The largest absolute Gasteiger partial charge is 0.476 e. The molecule has 1 aromatic rings. The Hall–Kier alpha value is -1.56. The molecule has 1 heterocycles. The molecule has 6 heteroatoms. The second-order valence-electron chi connectivity index (χ2n) is 2.72. The van der Waals surface area contributed by atoms with E-state index < -0.39 is 5.97 Å². The van der Waals surface area contributed by atoms with E-state index in [0.717, 1.165) is 0 Å². The van der Waals surface area contributed by atoms with Crippen LogP contribution < -0.4 is 4.74 Å². The Bertz CT molecular complexity index is 333. The zero-order valence-corrected chi connectivity index (χ0v) is 8.65. The highest BCUT2D eigenvalue weighted by molar-refractivity contribution is 5.87. The summed E-state index contributed by atoms with van der Waals surface area (Å²) < 4.78 is 15.0. The molecule has 0 spiro atoms. The van der Waals surface area contributed by atoms with Crippen molar-refractivity contribution in [1.29, 1.82) is 0 Å². The number of carbonyl (C=O) groups is 1. The minimum absolute atomic E-state index is 0.0453. The van der Waals surface area contributed by atoms with Crippen molar-refractivity contribution in [2.24, 2.45) is 0 Å². The first-order chi connectivity index (χ1) is 7.19. The third-order valence-electron chi connectivity index (χ3n) is 1.64. The van der Waals surface area contributed by atoms with E-state index in [9.17, 15) is 4.79 Å². The van der Waals surface area contributed by atoms with Gasteiger partial charge in [-0.25, -0.2) is 9.78 Å². The van der Waals surface area contributed by atoms with Crippen LogP contribution in [0.25, 0.3) is 0 Å². The van der Waals surface area contributed by atoms with E-state index in [1.165, 1.54) is 0 Å².